The average Bonchev–Trinajstić information content (AvgIpc) is 3.00. The molecule has 0 saturated carbocycles. The molecule has 0 aliphatic heterocycles. The lowest BCUT2D eigenvalue weighted by Gasteiger charge is -2.31. The zero-order valence-corrected chi connectivity index (χ0v) is 27.2. The van der Waals surface area contributed by atoms with Gasteiger partial charge in [0.1, 0.15) is 0 Å². The van der Waals surface area contributed by atoms with Crippen molar-refractivity contribution in [1.29, 1.82) is 0 Å². The van der Waals surface area contributed by atoms with Gasteiger partial charge in [-0.15, -0.1) is 0 Å². The highest BCUT2D eigenvalue weighted by molar-refractivity contribution is 5.82. The summed E-state index contributed by atoms with van der Waals surface area (Å²) >= 11 is 0. The molecule has 0 spiro atoms. The highest BCUT2D eigenvalue weighted by Crippen LogP contribution is 2.04. The van der Waals surface area contributed by atoms with Crippen molar-refractivity contribution in [2.45, 2.75) is 6.42 Å². The van der Waals surface area contributed by atoms with E-state index in [1.165, 1.54) is 0 Å². The number of nitrogens with two attached hydrogens (primary N) is 8. The highest BCUT2D eigenvalue weighted by atomic mass is 16.2. The molecule has 0 radical (unpaired) electrons. The molecule has 0 rings (SSSR count). The van der Waals surface area contributed by atoms with Crippen LogP contribution in [0.15, 0.2) is 0 Å². The van der Waals surface area contributed by atoms with Crippen molar-refractivity contribution in [3.8, 4) is 0 Å². The first kappa shape index (κ1) is 42.5. The lowest BCUT2D eigenvalue weighted by Crippen LogP contribution is -2.50. The SMILES string of the molecule is NCCN(CCN)C(=O)CN(CCCN(CC(=O)N(CCN)CCN)CC(=O)N(CCN)CCN)CC(=O)N(CCN)CCN. The summed E-state index contributed by atoms with van der Waals surface area (Å²) in [5, 5.41) is 0. The van der Waals surface area contributed by atoms with Gasteiger partial charge in [-0.25, -0.2) is 0 Å². The van der Waals surface area contributed by atoms with E-state index in [0.717, 1.165) is 0 Å². The molecular formula is C27H62N14O4. The van der Waals surface area contributed by atoms with E-state index in [2.05, 4.69) is 0 Å². The Morgan fingerprint density at radius 2 is 0.489 bits per heavy atom. The zero-order chi connectivity index (χ0) is 34.0. The van der Waals surface area contributed by atoms with Crippen LogP contribution in [0.1, 0.15) is 6.42 Å². The highest BCUT2D eigenvalue weighted by Gasteiger charge is 2.24. The first-order valence-electron chi connectivity index (χ1n) is 15.8. The molecule has 0 aromatic carbocycles. The Labute approximate surface area is 268 Å². The van der Waals surface area contributed by atoms with Crippen molar-refractivity contribution in [3.05, 3.63) is 0 Å². The normalized spacial score (nSPS) is 11.2. The van der Waals surface area contributed by atoms with E-state index in [9.17, 15) is 19.2 Å². The number of hydrogen-bond donors (Lipinski definition) is 8. The Morgan fingerprint density at radius 3 is 0.644 bits per heavy atom. The van der Waals surface area contributed by atoms with Crippen molar-refractivity contribution < 1.29 is 19.2 Å². The molecule has 16 N–H and O–H groups in total. The van der Waals surface area contributed by atoms with Crippen LogP contribution < -0.4 is 45.9 Å². The van der Waals surface area contributed by atoms with Crippen LogP contribution in [-0.2, 0) is 19.2 Å². The van der Waals surface area contributed by atoms with Crippen LogP contribution in [-0.4, -0.2) is 197 Å². The Bertz CT molecular complexity index is 676. The number of nitrogens with zero attached hydrogens (tertiary/aromatic N) is 6. The first-order chi connectivity index (χ1) is 21.6. The second-order valence-corrected chi connectivity index (χ2v) is 10.6. The maximum absolute atomic E-state index is 13.2. The van der Waals surface area contributed by atoms with Gasteiger partial charge in [-0.1, -0.05) is 0 Å². The third-order valence-electron chi connectivity index (χ3n) is 6.99. The first-order valence-corrected chi connectivity index (χ1v) is 15.8. The Kier molecular flexibility index (Phi) is 25.2. The number of rotatable bonds is 28. The smallest absolute Gasteiger partial charge is 0.236 e. The summed E-state index contributed by atoms with van der Waals surface area (Å²) in [7, 11) is 0. The summed E-state index contributed by atoms with van der Waals surface area (Å²) < 4.78 is 0. The van der Waals surface area contributed by atoms with E-state index >= 15 is 0 Å². The van der Waals surface area contributed by atoms with Gasteiger partial charge in [-0.05, 0) is 6.42 Å². The second kappa shape index (κ2) is 26.7. The zero-order valence-electron chi connectivity index (χ0n) is 27.2. The molecule has 0 heterocycles. The van der Waals surface area contributed by atoms with Gasteiger partial charge in [-0.2, -0.15) is 0 Å². The van der Waals surface area contributed by atoms with Gasteiger partial charge in [0.2, 0.25) is 23.6 Å². The predicted molar refractivity (Wildman–Crippen MR) is 176 cm³/mol. The van der Waals surface area contributed by atoms with E-state index in [-0.39, 0.29) is 102 Å². The lowest BCUT2D eigenvalue weighted by atomic mass is 10.2. The molecule has 264 valence electrons. The Balaban J connectivity index is 5.93. The van der Waals surface area contributed by atoms with Crippen LogP contribution in [0.5, 0.6) is 0 Å². The molecule has 18 heteroatoms. The van der Waals surface area contributed by atoms with Gasteiger partial charge in [-0.3, -0.25) is 29.0 Å². The molecule has 0 aromatic heterocycles. The summed E-state index contributed by atoms with van der Waals surface area (Å²) in [6.07, 6.45) is 0.449. The van der Waals surface area contributed by atoms with E-state index in [0.29, 0.717) is 71.9 Å². The van der Waals surface area contributed by atoms with Crippen LogP contribution in [0.3, 0.4) is 0 Å². The third-order valence-corrected chi connectivity index (χ3v) is 6.99. The number of hydrogen-bond acceptors (Lipinski definition) is 14. The molecule has 0 aliphatic rings. The molecule has 0 atom stereocenters. The molecule has 45 heavy (non-hydrogen) atoms. The van der Waals surface area contributed by atoms with Gasteiger partial charge in [0.05, 0.1) is 26.2 Å². The summed E-state index contributed by atoms with van der Waals surface area (Å²) in [4.78, 5) is 62.5. The van der Waals surface area contributed by atoms with Gasteiger partial charge in [0.15, 0.2) is 0 Å². The van der Waals surface area contributed by atoms with Crippen molar-refractivity contribution in [2.75, 3.05) is 144 Å². The molecule has 0 fully saturated rings. The van der Waals surface area contributed by atoms with E-state index in [1.54, 1.807) is 29.4 Å². The Hall–Kier alpha value is -2.52. The van der Waals surface area contributed by atoms with Crippen LogP contribution in [0.25, 0.3) is 0 Å². The monoisotopic (exact) mass is 647 g/mol. The molecule has 0 unspecified atom stereocenters. The maximum Gasteiger partial charge on any atom is 0.236 e. The third kappa shape index (κ3) is 18.3. The topological polar surface area (TPSA) is 296 Å². The van der Waals surface area contributed by atoms with Gasteiger partial charge in [0.25, 0.3) is 0 Å². The van der Waals surface area contributed by atoms with Gasteiger partial charge < -0.3 is 65.5 Å². The standard InChI is InChI=1S/C27H62N14O4/c28-2-12-38(13-3-29)24(42)20-36(21-25(43)39(14-4-30)15-5-31)10-1-11-37(22-26(44)40(16-6-32)17-7-33)23-27(45)41(18-8-34)19-9-35/h1-23,28-35H2. The van der Waals surface area contributed by atoms with Crippen LogP contribution in [0.2, 0.25) is 0 Å². The molecule has 0 aliphatic carbocycles. The molecule has 0 bridgehead atoms. The van der Waals surface area contributed by atoms with E-state index in [1.807, 2.05) is 0 Å². The maximum atomic E-state index is 13.2. The molecule has 0 aromatic rings. The minimum Gasteiger partial charge on any atom is -0.339 e. The quantitative estimate of drug-likeness (QED) is 0.0392. The fourth-order valence-corrected chi connectivity index (χ4v) is 4.80. The van der Waals surface area contributed by atoms with Crippen molar-refractivity contribution >= 4 is 23.6 Å². The lowest BCUT2D eigenvalue weighted by molar-refractivity contribution is -0.136. The predicted octanol–water partition coefficient (Wildman–Crippen LogP) is -7.04. The summed E-state index contributed by atoms with van der Waals surface area (Å²) in [5.74, 6) is -0.820. The largest absolute Gasteiger partial charge is 0.339 e. The Morgan fingerprint density at radius 1 is 0.311 bits per heavy atom. The molecule has 0 saturated heterocycles. The van der Waals surface area contributed by atoms with Crippen molar-refractivity contribution in [3.63, 3.8) is 0 Å². The summed E-state index contributed by atoms with van der Waals surface area (Å²) in [6.45, 7) is 5.45. The van der Waals surface area contributed by atoms with Gasteiger partial charge in [0, 0.05) is 118 Å². The molecule has 18 nitrogen and oxygen atoms in total. The minimum absolute atomic E-state index is 0.0375. The van der Waals surface area contributed by atoms with E-state index < -0.39 is 0 Å². The minimum atomic E-state index is -0.205. The van der Waals surface area contributed by atoms with Crippen LogP contribution >= 0.6 is 0 Å². The molecule has 4 amide bonds. The van der Waals surface area contributed by atoms with Crippen molar-refractivity contribution in [2.24, 2.45) is 45.9 Å². The van der Waals surface area contributed by atoms with Gasteiger partial charge >= 0.3 is 0 Å². The molecular weight excluding hydrogens is 584 g/mol. The second-order valence-electron chi connectivity index (χ2n) is 10.6. The van der Waals surface area contributed by atoms with Crippen molar-refractivity contribution in [1.82, 2.24) is 29.4 Å². The summed E-state index contributed by atoms with van der Waals surface area (Å²) in [5.41, 5.74) is 45.6. The fraction of sp³-hybridized carbons (Fsp3) is 0.852. The van der Waals surface area contributed by atoms with E-state index in [4.69, 9.17) is 45.9 Å². The number of amides is 4. The van der Waals surface area contributed by atoms with Crippen LogP contribution in [0, 0.1) is 0 Å². The summed E-state index contributed by atoms with van der Waals surface area (Å²) in [6, 6.07) is 0. The number of carbonyl (C=O) groups is 4. The van der Waals surface area contributed by atoms with Crippen LogP contribution in [0.4, 0.5) is 0 Å². The number of carbonyl (C=O) groups excluding carboxylic acids is 4. The average molecular weight is 647 g/mol. The fourth-order valence-electron chi connectivity index (χ4n) is 4.80.